The van der Waals surface area contributed by atoms with Crippen LogP contribution in [0, 0.1) is 5.92 Å². The van der Waals surface area contributed by atoms with Gasteiger partial charge < -0.3 is 20.7 Å². The molecule has 1 aliphatic heterocycles. The van der Waals surface area contributed by atoms with Crippen LogP contribution < -0.4 is 5.73 Å². The van der Waals surface area contributed by atoms with Crippen molar-refractivity contribution in [3.63, 3.8) is 0 Å². The highest BCUT2D eigenvalue weighted by molar-refractivity contribution is 5.98. The van der Waals surface area contributed by atoms with Crippen LogP contribution in [0.3, 0.4) is 0 Å². The summed E-state index contributed by atoms with van der Waals surface area (Å²) in [7, 11) is 0. The van der Waals surface area contributed by atoms with Crippen LogP contribution in [0.4, 0.5) is 5.69 Å². The van der Waals surface area contributed by atoms with Gasteiger partial charge in [0.05, 0.1) is 6.10 Å². The summed E-state index contributed by atoms with van der Waals surface area (Å²) in [6.07, 6.45) is 0.492. The summed E-state index contributed by atoms with van der Waals surface area (Å²) >= 11 is 0. The number of aliphatic hydroxyl groups excluding tert-OH is 1. The van der Waals surface area contributed by atoms with Gasteiger partial charge in [-0.3, -0.25) is 4.79 Å². The molecule has 4 N–H and O–H groups in total. The summed E-state index contributed by atoms with van der Waals surface area (Å²) in [6, 6.07) is 7.38. The molecule has 1 aromatic carbocycles. The smallest absolute Gasteiger partial charge is 0.270 e. The number of hydrogen-bond acceptors (Lipinski definition) is 3. The van der Waals surface area contributed by atoms with E-state index in [0.29, 0.717) is 24.5 Å². The summed E-state index contributed by atoms with van der Waals surface area (Å²) in [5.74, 6) is 0.168. The number of nitrogen functional groups attached to an aromatic ring is 1. The molecule has 1 saturated heterocycles. The van der Waals surface area contributed by atoms with Gasteiger partial charge in [0.15, 0.2) is 0 Å². The lowest BCUT2D eigenvalue weighted by molar-refractivity contribution is 0.0757. The Morgan fingerprint density at radius 2 is 2.30 bits per heavy atom. The zero-order chi connectivity index (χ0) is 14.3. The second-order valence-electron chi connectivity index (χ2n) is 5.57. The van der Waals surface area contributed by atoms with Crippen molar-refractivity contribution >= 4 is 22.5 Å². The molecule has 1 aliphatic rings. The van der Waals surface area contributed by atoms with E-state index in [1.165, 1.54) is 0 Å². The van der Waals surface area contributed by atoms with Gasteiger partial charge in [-0.25, -0.2) is 0 Å². The molecular weight excluding hydrogens is 254 g/mol. The molecule has 1 amide bonds. The van der Waals surface area contributed by atoms with E-state index in [9.17, 15) is 9.90 Å². The van der Waals surface area contributed by atoms with E-state index >= 15 is 0 Å². The number of hydrogen-bond donors (Lipinski definition) is 3. The predicted molar refractivity (Wildman–Crippen MR) is 78.4 cm³/mol. The third kappa shape index (κ3) is 2.25. The number of carbonyl (C=O) groups excluding carboxylic acids is 1. The fourth-order valence-corrected chi connectivity index (χ4v) is 2.80. The molecule has 0 spiro atoms. The number of likely N-dealkylation sites (tertiary alicyclic amines) is 1. The van der Waals surface area contributed by atoms with E-state index in [4.69, 9.17) is 5.73 Å². The first-order valence-electron chi connectivity index (χ1n) is 6.90. The van der Waals surface area contributed by atoms with Crippen molar-refractivity contribution in [3.8, 4) is 0 Å². The standard InChI is InChI=1S/C15H19N3O2/c1-9(19)10-4-5-18(8-10)15(20)14-7-11-6-12(16)2-3-13(11)17-14/h2-3,6-7,9-10,17,19H,4-5,8,16H2,1H3. The normalized spacial score (nSPS) is 20.5. The van der Waals surface area contributed by atoms with Crippen LogP contribution in [0.1, 0.15) is 23.8 Å². The van der Waals surface area contributed by atoms with E-state index in [2.05, 4.69) is 4.98 Å². The molecule has 0 radical (unpaired) electrons. The maximum Gasteiger partial charge on any atom is 0.270 e. The van der Waals surface area contributed by atoms with Crippen molar-refractivity contribution in [2.45, 2.75) is 19.4 Å². The Hall–Kier alpha value is -2.01. The van der Waals surface area contributed by atoms with Crippen LogP contribution in [0.25, 0.3) is 10.9 Å². The van der Waals surface area contributed by atoms with Gasteiger partial charge in [-0.05, 0) is 37.6 Å². The average molecular weight is 273 g/mol. The van der Waals surface area contributed by atoms with Gasteiger partial charge in [0.2, 0.25) is 0 Å². The molecule has 3 rings (SSSR count). The zero-order valence-corrected chi connectivity index (χ0v) is 11.5. The molecule has 0 saturated carbocycles. The van der Waals surface area contributed by atoms with E-state index in [-0.39, 0.29) is 17.9 Å². The minimum atomic E-state index is -0.365. The van der Waals surface area contributed by atoms with Crippen molar-refractivity contribution in [2.75, 3.05) is 18.8 Å². The number of carbonyl (C=O) groups is 1. The molecule has 1 fully saturated rings. The first-order chi connectivity index (χ1) is 9.54. The van der Waals surface area contributed by atoms with Crippen LogP contribution in [0.5, 0.6) is 0 Å². The number of nitrogens with two attached hydrogens (primary N) is 1. The van der Waals surface area contributed by atoms with Crippen molar-refractivity contribution < 1.29 is 9.90 Å². The van der Waals surface area contributed by atoms with Gasteiger partial charge >= 0.3 is 0 Å². The molecule has 5 nitrogen and oxygen atoms in total. The average Bonchev–Trinajstić information content (AvgIpc) is 3.03. The van der Waals surface area contributed by atoms with Gasteiger partial charge in [0.1, 0.15) is 5.69 Å². The second kappa shape index (κ2) is 4.83. The first kappa shape index (κ1) is 13.0. The molecule has 2 aromatic rings. The minimum absolute atomic E-state index is 0.0112. The molecule has 1 aromatic heterocycles. The van der Waals surface area contributed by atoms with Gasteiger partial charge in [0.25, 0.3) is 5.91 Å². The van der Waals surface area contributed by atoms with Crippen LogP contribution in [-0.2, 0) is 0 Å². The van der Waals surface area contributed by atoms with Crippen LogP contribution in [-0.4, -0.2) is 40.1 Å². The van der Waals surface area contributed by atoms with Gasteiger partial charge in [-0.1, -0.05) is 0 Å². The van der Waals surface area contributed by atoms with Crippen molar-refractivity contribution in [3.05, 3.63) is 30.0 Å². The minimum Gasteiger partial charge on any atom is -0.399 e. The number of nitrogens with one attached hydrogen (secondary N) is 1. The number of nitrogens with zero attached hydrogens (tertiary/aromatic N) is 1. The third-order valence-corrected chi connectivity index (χ3v) is 4.07. The number of H-pyrrole nitrogens is 1. The largest absolute Gasteiger partial charge is 0.399 e. The van der Waals surface area contributed by atoms with Crippen LogP contribution in [0.15, 0.2) is 24.3 Å². The van der Waals surface area contributed by atoms with E-state index in [1.807, 2.05) is 24.3 Å². The topological polar surface area (TPSA) is 82.3 Å². The molecule has 5 heteroatoms. The monoisotopic (exact) mass is 273 g/mol. The summed E-state index contributed by atoms with van der Waals surface area (Å²) in [4.78, 5) is 17.4. The highest BCUT2D eigenvalue weighted by Crippen LogP contribution is 2.23. The zero-order valence-electron chi connectivity index (χ0n) is 11.5. The Bertz CT molecular complexity index is 648. The van der Waals surface area contributed by atoms with Crippen molar-refractivity contribution in [1.29, 1.82) is 0 Å². The maximum atomic E-state index is 12.5. The van der Waals surface area contributed by atoms with E-state index in [1.54, 1.807) is 11.8 Å². The molecule has 2 atom stereocenters. The molecule has 106 valence electrons. The number of benzene rings is 1. The second-order valence-corrected chi connectivity index (χ2v) is 5.57. The highest BCUT2D eigenvalue weighted by atomic mass is 16.3. The van der Waals surface area contributed by atoms with Gasteiger partial charge in [-0.15, -0.1) is 0 Å². The number of rotatable bonds is 2. The van der Waals surface area contributed by atoms with Gasteiger partial charge in [-0.2, -0.15) is 0 Å². The molecule has 2 unspecified atom stereocenters. The highest BCUT2D eigenvalue weighted by Gasteiger charge is 2.30. The maximum absolute atomic E-state index is 12.5. The summed E-state index contributed by atoms with van der Waals surface area (Å²) < 4.78 is 0. The number of aromatic nitrogens is 1. The number of aromatic amines is 1. The molecular formula is C15H19N3O2. The summed E-state index contributed by atoms with van der Waals surface area (Å²) in [5.41, 5.74) is 7.92. The van der Waals surface area contributed by atoms with Crippen LogP contribution >= 0.6 is 0 Å². The number of fused-ring (bicyclic) bond motifs is 1. The van der Waals surface area contributed by atoms with Crippen molar-refractivity contribution in [1.82, 2.24) is 9.88 Å². The lowest BCUT2D eigenvalue weighted by Crippen LogP contribution is -2.30. The van der Waals surface area contributed by atoms with E-state index < -0.39 is 0 Å². The Morgan fingerprint density at radius 1 is 1.50 bits per heavy atom. The number of anilines is 1. The molecule has 20 heavy (non-hydrogen) atoms. The fraction of sp³-hybridized carbons (Fsp3) is 0.400. The predicted octanol–water partition coefficient (Wildman–Crippen LogP) is 1.59. The molecule has 0 aliphatic carbocycles. The quantitative estimate of drug-likeness (QED) is 0.727. The Labute approximate surface area is 117 Å². The lowest BCUT2D eigenvalue weighted by Gasteiger charge is -2.16. The summed E-state index contributed by atoms with van der Waals surface area (Å²) in [6.45, 7) is 3.10. The number of amides is 1. The molecule has 2 heterocycles. The Balaban J connectivity index is 1.82. The third-order valence-electron chi connectivity index (χ3n) is 4.07. The number of aliphatic hydroxyl groups is 1. The lowest BCUT2D eigenvalue weighted by atomic mass is 10.0. The first-order valence-corrected chi connectivity index (χ1v) is 6.90. The SMILES string of the molecule is CC(O)C1CCN(C(=O)c2cc3cc(N)ccc3[nH]2)C1. The van der Waals surface area contributed by atoms with Gasteiger partial charge in [0, 0.05) is 35.6 Å². The Kier molecular flexibility index (Phi) is 3.14. The van der Waals surface area contributed by atoms with Crippen LogP contribution in [0.2, 0.25) is 0 Å². The Morgan fingerprint density at radius 3 is 3.00 bits per heavy atom. The van der Waals surface area contributed by atoms with Crippen molar-refractivity contribution in [2.24, 2.45) is 5.92 Å². The summed E-state index contributed by atoms with van der Waals surface area (Å²) in [5, 5.41) is 10.6. The van der Waals surface area contributed by atoms with E-state index in [0.717, 1.165) is 17.3 Å². The fourth-order valence-electron chi connectivity index (χ4n) is 2.80. The molecule has 0 bridgehead atoms.